The van der Waals surface area contributed by atoms with Gasteiger partial charge in [0.15, 0.2) is 0 Å². The van der Waals surface area contributed by atoms with E-state index in [2.05, 4.69) is 40.3 Å². The molecule has 2 aromatic carbocycles. The average molecular weight is 516 g/mol. The Morgan fingerprint density at radius 2 is 1.89 bits per heavy atom. The van der Waals surface area contributed by atoms with Gasteiger partial charge < -0.3 is 20.3 Å². The molecule has 2 amide bonds. The molecule has 1 saturated heterocycles. The third kappa shape index (κ3) is 6.89. The molecule has 3 N–H and O–H groups in total. The number of rotatable bonds is 9. The van der Waals surface area contributed by atoms with Gasteiger partial charge in [0.25, 0.3) is 5.91 Å². The predicted octanol–water partition coefficient (Wildman–Crippen LogP) is 5.15. The van der Waals surface area contributed by atoms with Crippen LogP contribution in [0.15, 0.2) is 67.0 Å². The van der Waals surface area contributed by atoms with Gasteiger partial charge in [0.05, 0.1) is 24.0 Å². The van der Waals surface area contributed by atoms with Crippen LogP contribution in [-0.4, -0.2) is 55.2 Å². The Bertz CT molecular complexity index is 1230. The Kier molecular flexibility index (Phi) is 9.32. The van der Waals surface area contributed by atoms with Crippen LogP contribution >= 0.6 is 0 Å². The van der Waals surface area contributed by atoms with E-state index in [0.29, 0.717) is 37.5 Å². The van der Waals surface area contributed by atoms with Gasteiger partial charge in [-0.25, -0.2) is 4.79 Å². The number of anilines is 2. The van der Waals surface area contributed by atoms with E-state index in [9.17, 15) is 9.59 Å². The number of carbonyl (C=O) groups excluding carboxylic acids is 2. The second kappa shape index (κ2) is 13.1. The van der Waals surface area contributed by atoms with Crippen LogP contribution < -0.4 is 16.0 Å². The molecule has 1 aliphatic heterocycles. The fourth-order valence-corrected chi connectivity index (χ4v) is 4.78. The molecule has 8 heteroatoms. The number of amides is 2. The van der Waals surface area contributed by atoms with Crippen molar-refractivity contribution < 1.29 is 14.3 Å². The fourth-order valence-electron chi connectivity index (χ4n) is 4.78. The first kappa shape index (κ1) is 27.1. The molecular formula is C30H37N5O3. The standard InChI is InChI=1S/C30H37N5O3/c1-22-11-16-34(17-12-22)28-10-9-25(19-27(28)33-30(37)38-2)24-7-3-6-23(18-24)21-35(15-5-13-31)29(36)26-8-4-14-32-20-26/h3-4,6-10,14,18-20,22H,5,11-13,15-17,21,31H2,1-2H3,(H,33,37). The molecule has 1 aromatic heterocycles. The Labute approximate surface area is 224 Å². The molecule has 3 aromatic rings. The minimum absolute atomic E-state index is 0.0679. The molecule has 4 rings (SSSR count). The number of nitrogens with two attached hydrogens (primary N) is 1. The predicted molar refractivity (Wildman–Crippen MR) is 151 cm³/mol. The molecule has 0 aliphatic carbocycles. The highest BCUT2D eigenvalue weighted by atomic mass is 16.5. The fraction of sp³-hybridized carbons (Fsp3) is 0.367. The lowest BCUT2D eigenvalue weighted by molar-refractivity contribution is 0.0741. The van der Waals surface area contributed by atoms with E-state index in [4.69, 9.17) is 10.5 Å². The van der Waals surface area contributed by atoms with Gasteiger partial charge in [0.2, 0.25) is 0 Å². The zero-order chi connectivity index (χ0) is 26.9. The molecule has 1 aliphatic rings. The lowest BCUT2D eigenvalue weighted by atomic mass is 9.97. The SMILES string of the molecule is COC(=O)Nc1cc(-c2cccc(CN(CCCN)C(=O)c3cccnc3)c2)ccc1N1CCC(C)CC1. The number of piperidine rings is 1. The maximum absolute atomic E-state index is 13.2. The van der Waals surface area contributed by atoms with E-state index in [1.54, 1.807) is 24.5 Å². The van der Waals surface area contributed by atoms with Gasteiger partial charge in [-0.05, 0) is 78.7 Å². The van der Waals surface area contributed by atoms with Crippen LogP contribution in [0.2, 0.25) is 0 Å². The number of pyridine rings is 1. The molecule has 0 unspecified atom stereocenters. The van der Waals surface area contributed by atoms with Gasteiger partial charge in [0.1, 0.15) is 0 Å². The van der Waals surface area contributed by atoms with Crippen molar-refractivity contribution >= 4 is 23.4 Å². The van der Waals surface area contributed by atoms with E-state index in [-0.39, 0.29) is 5.91 Å². The molecular weight excluding hydrogens is 478 g/mol. The summed E-state index contributed by atoms with van der Waals surface area (Å²) >= 11 is 0. The number of hydrogen-bond donors (Lipinski definition) is 2. The Balaban J connectivity index is 1.60. The van der Waals surface area contributed by atoms with Gasteiger partial charge in [-0.15, -0.1) is 0 Å². The van der Waals surface area contributed by atoms with Crippen molar-refractivity contribution in [1.82, 2.24) is 9.88 Å². The maximum Gasteiger partial charge on any atom is 0.411 e. The zero-order valence-corrected chi connectivity index (χ0v) is 22.2. The molecule has 0 bridgehead atoms. The second-order valence-corrected chi connectivity index (χ2v) is 9.83. The monoisotopic (exact) mass is 515 g/mol. The first-order chi connectivity index (χ1) is 18.5. The maximum atomic E-state index is 13.2. The van der Waals surface area contributed by atoms with Crippen molar-refractivity contribution in [2.45, 2.75) is 32.7 Å². The Morgan fingerprint density at radius 1 is 1.11 bits per heavy atom. The summed E-state index contributed by atoms with van der Waals surface area (Å²) in [4.78, 5) is 33.6. The Hall–Kier alpha value is -3.91. The number of aromatic nitrogens is 1. The zero-order valence-electron chi connectivity index (χ0n) is 22.2. The highest BCUT2D eigenvalue weighted by molar-refractivity contribution is 5.94. The van der Waals surface area contributed by atoms with Gasteiger partial charge >= 0.3 is 6.09 Å². The molecule has 8 nitrogen and oxygen atoms in total. The lowest BCUT2D eigenvalue weighted by Crippen LogP contribution is -2.33. The average Bonchev–Trinajstić information content (AvgIpc) is 2.96. The van der Waals surface area contributed by atoms with Crippen LogP contribution in [-0.2, 0) is 11.3 Å². The summed E-state index contributed by atoms with van der Waals surface area (Å²) in [6.45, 7) is 5.71. The highest BCUT2D eigenvalue weighted by Crippen LogP contribution is 2.34. The minimum atomic E-state index is -0.494. The van der Waals surface area contributed by atoms with Gasteiger partial charge in [-0.3, -0.25) is 15.1 Å². The van der Waals surface area contributed by atoms with E-state index in [1.807, 2.05) is 29.2 Å². The van der Waals surface area contributed by atoms with Crippen LogP contribution in [0.5, 0.6) is 0 Å². The third-order valence-electron chi connectivity index (χ3n) is 7.00. The molecule has 2 heterocycles. The van der Waals surface area contributed by atoms with E-state index in [0.717, 1.165) is 54.0 Å². The van der Waals surface area contributed by atoms with Crippen LogP contribution in [0.3, 0.4) is 0 Å². The van der Waals surface area contributed by atoms with Crippen molar-refractivity contribution in [2.24, 2.45) is 11.7 Å². The minimum Gasteiger partial charge on any atom is -0.453 e. The third-order valence-corrected chi connectivity index (χ3v) is 7.00. The van der Waals surface area contributed by atoms with Crippen molar-refractivity contribution in [3.63, 3.8) is 0 Å². The lowest BCUT2D eigenvalue weighted by Gasteiger charge is -2.33. The molecule has 0 atom stereocenters. The number of methoxy groups -OCH3 is 1. The van der Waals surface area contributed by atoms with E-state index >= 15 is 0 Å². The van der Waals surface area contributed by atoms with E-state index in [1.165, 1.54) is 7.11 Å². The van der Waals surface area contributed by atoms with Gasteiger partial charge in [-0.2, -0.15) is 0 Å². The first-order valence-corrected chi connectivity index (χ1v) is 13.2. The first-order valence-electron chi connectivity index (χ1n) is 13.2. The van der Waals surface area contributed by atoms with Crippen molar-refractivity contribution in [3.05, 3.63) is 78.1 Å². The van der Waals surface area contributed by atoms with Crippen LogP contribution in [0.1, 0.15) is 42.1 Å². The van der Waals surface area contributed by atoms with Gasteiger partial charge in [-0.1, -0.05) is 31.2 Å². The largest absolute Gasteiger partial charge is 0.453 e. The topological polar surface area (TPSA) is 101 Å². The van der Waals surface area contributed by atoms with E-state index < -0.39 is 6.09 Å². The highest BCUT2D eigenvalue weighted by Gasteiger charge is 2.20. The number of nitrogens with one attached hydrogen (secondary N) is 1. The van der Waals surface area contributed by atoms with Gasteiger partial charge in [0, 0.05) is 38.6 Å². The number of benzene rings is 2. The summed E-state index contributed by atoms with van der Waals surface area (Å²) in [7, 11) is 1.37. The Morgan fingerprint density at radius 3 is 2.61 bits per heavy atom. The second-order valence-electron chi connectivity index (χ2n) is 9.83. The summed E-state index contributed by atoms with van der Waals surface area (Å²) in [5.74, 6) is 0.640. The molecule has 0 spiro atoms. The summed E-state index contributed by atoms with van der Waals surface area (Å²) in [5.41, 5.74) is 11.0. The summed E-state index contributed by atoms with van der Waals surface area (Å²) in [6.07, 6.45) is 5.72. The van der Waals surface area contributed by atoms with Crippen LogP contribution in [0, 0.1) is 5.92 Å². The summed E-state index contributed by atoms with van der Waals surface area (Å²) < 4.78 is 4.89. The molecule has 38 heavy (non-hydrogen) atoms. The van der Waals surface area contributed by atoms with Crippen LogP contribution in [0.25, 0.3) is 11.1 Å². The number of nitrogens with zero attached hydrogens (tertiary/aromatic N) is 3. The smallest absolute Gasteiger partial charge is 0.411 e. The number of ether oxygens (including phenoxy) is 1. The van der Waals surface area contributed by atoms with Crippen molar-refractivity contribution in [2.75, 3.05) is 43.5 Å². The molecule has 0 radical (unpaired) electrons. The quantitative estimate of drug-likeness (QED) is 0.409. The number of hydrogen-bond acceptors (Lipinski definition) is 6. The van der Waals surface area contributed by atoms with Crippen molar-refractivity contribution in [3.8, 4) is 11.1 Å². The normalized spacial score (nSPS) is 13.7. The van der Waals surface area contributed by atoms with Crippen molar-refractivity contribution in [1.29, 1.82) is 0 Å². The summed E-state index contributed by atoms with van der Waals surface area (Å²) in [5, 5.41) is 2.91. The number of carbonyl (C=O) groups is 2. The summed E-state index contributed by atoms with van der Waals surface area (Å²) in [6, 6.07) is 17.8. The molecule has 0 saturated carbocycles. The van der Waals surface area contributed by atoms with Crippen LogP contribution in [0.4, 0.5) is 16.2 Å². The molecule has 1 fully saturated rings. The molecule has 200 valence electrons.